The molecule has 0 aromatic rings. The first kappa shape index (κ1) is 7.21. The highest BCUT2D eigenvalue weighted by Crippen LogP contribution is 2.03. The Balaban J connectivity index is 3.36. The summed E-state index contributed by atoms with van der Waals surface area (Å²) in [5.74, 6) is -1.05. The molecule has 0 saturated heterocycles. The molecule has 1 atom stereocenters. The fraction of sp³-hybridized carbons (Fsp3) is 1.00. The Morgan fingerprint density at radius 3 is 2.29 bits per heavy atom. The second-order valence-electron chi connectivity index (χ2n) is 1.51. The minimum Gasteiger partial charge on any atom is -0.365 e. The van der Waals surface area contributed by atoms with Gasteiger partial charge in [0.2, 0.25) is 0 Å². The molecule has 44 valence electrons. The van der Waals surface area contributed by atoms with Crippen molar-refractivity contribution in [2.45, 2.75) is 12.7 Å². The van der Waals surface area contributed by atoms with Gasteiger partial charge in [-0.15, -0.1) is 11.6 Å². The van der Waals surface area contributed by atoms with E-state index in [1.807, 2.05) is 0 Å². The van der Waals surface area contributed by atoms with E-state index in [2.05, 4.69) is 4.74 Å². The summed E-state index contributed by atoms with van der Waals surface area (Å²) in [5.41, 5.74) is 0. The minimum atomic E-state index is -1.15. The van der Waals surface area contributed by atoms with Gasteiger partial charge in [-0.3, -0.25) is 0 Å². The fourth-order valence-electron chi connectivity index (χ4n) is 0.0546. The maximum Gasteiger partial charge on any atom is 0.175 e. The monoisotopic (exact) mass is 124 g/mol. The van der Waals surface area contributed by atoms with Crippen molar-refractivity contribution in [3.63, 3.8) is 0 Å². The number of rotatable bonds is 2. The lowest BCUT2D eigenvalue weighted by Gasteiger charge is -2.16. The highest BCUT2D eigenvalue weighted by Gasteiger charge is 2.15. The molecule has 1 N–H and O–H groups in total. The predicted molar refractivity (Wildman–Crippen MR) is 28.4 cm³/mol. The van der Waals surface area contributed by atoms with Gasteiger partial charge in [0.15, 0.2) is 5.79 Å². The molecular formula is C4H9ClO2. The maximum atomic E-state index is 8.78. The van der Waals surface area contributed by atoms with E-state index < -0.39 is 5.79 Å². The molecule has 0 radical (unpaired) electrons. The smallest absolute Gasteiger partial charge is 0.175 e. The molecule has 0 aromatic carbocycles. The molecule has 2 nitrogen and oxygen atoms in total. The average Bonchev–Trinajstić information content (AvgIpc) is 1.68. The van der Waals surface area contributed by atoms with Crippen molar-refractivity contribution < 1.29 is 9.84 Å². The lowest BCUT2D eigenvalue weighted by Crippen LogP contribution is -2.28. The van der Waals surface area contributed by atoms with Crippen molar-refractivity contribution in [1.29, 1.82) is 0 Å². The van der Waals surface area contributed by atoms with Gasteiger partial charge in [-0.1, -0.05) is 0 Å². The Morgan fingerprint density at radius 1 is 1.86 bits per heavy atom. The molecule has 7 heavy (non-hydrogen) atoms. The van der Waals surface area contributed by atoms with Gasteiger partial charge in [0, 0.05) is 7.11 Å². The van der Waals surface area contributed by atoms with E-state index in [4.69, 9.17) is 16.7 Å². The number of hydrogen-bond donors (Lipinski definition) is 1. The van der Waals surface area contributed by atoms with E-state index in [1.54, 1.807) is 0 Å². The molecule has 0 heterocycles. The number of alkyl halides is 1. The summed E-state index contributed by atoms with van der Waals surface area (Å²) in [6.07, 6.45) is 0. The topological polar surface area (TPSA) is 29.5 Å². The number of halogens is 1. The molecule has 0 saturated carbocycles. The zero-order valence-corrected chi connectivity index (χ0v) is 5.20. The molecular weight excluding hydrogens is 115 g/mol. The second kappa shape index (κ2) is 2.50. The third-order valence-corrected chi connectivity index (χ3v) is 1.18. The highest BCUT2D eigenvalue weighted by atomic mass is 35.5. The van der Waals surface area contributed by atoms with Gasteiger partial charge in [-0.2, -0.15) is 0 Å². The van der Waals surface area contributed by atoms with Crippen LogP contribution in [-0.4, -0.2) is 23.9 Å². The average molecular weight is 125 g/mol. The van der Waals surface area contributed by atoms with E-state index in [-0.39, 0.29) is 5.88 Å². The van der Waals surface area contributed by atoms with Crippen LogP contribution in [0.15, 0.2) is 0 Å². The molecule has 0 rings (SSSR count). The first-order chi connectivity index (χ1) is 3.12. The first-order valence-corrected chi connectivity index (χ1v) is 2.49. The molecule has 3 heteroatoms. The molecule has 0 aliphatic rings. The Labute approximate surface area is 48.0 Å². The zero-order chi connectivity index (χ0) is 5.91. The van der Waals surface area contributed by atoms with Crippen LogP contribution in [0.2, 0.25) is 0 Å². The van der Waals surface area contributed by atoms with Crippen molar-refractivity contribution in [2.75, 3.05) is 13.0 Å². The Bertz CT molecular complexity index is 47.7. The Kier molecular flexibility index (Phi) is 2.58. The molecule has 0 aromatic heterocycles. The van der Waals surface area contributed by atoms with Crippen molar-refractivity contribution >= 4 is 11.6 Å². The van der Waals surface area contributed by atoms with E-state index in [0.29, 0.717) is 0 Å². The first-order valence-electron chi connectivity index (χ1n) is 1.96. The normalized spacial score (nSPS) is 18.9. The number of aliphatic hydroxyl groups is 1. The lowest BCUT2D eigenvalue weighted by molar-refractivity contribution is -0.152. The summed E-state index contributed by atoms with van der Waals surface area (Å²) in [7, 11) is 1.41. The highest BCUT2D eigenvalue weighted by molar-refractivity contribution is 6.18. The minimum absolute atomic E-state index is 0.101. The van der Waals surface area contributed by atoms with E-state index in [9.17, 15) is 0 Å². The van der Waals surface area contributed by atoms with Gasteiger partial charge in [0.05, 0.1) is 5.88 Å². The van der Waals surface area contributed by atoms with Crippen molar-refractivity contribution in [3.05, 3.63) is 0 Å². The predicted octanol–water partition coefficient (Wildman–Crippen LogP) is 0.580. The van der Waals surface area contributed by atoms with E-state index >= 15 is 0 Å². The van der Waals surface area contributed by atoms with Crippen LogP contribution in [0, 0.1) is 0 Å². The molecule has 0 aliphatic heterocycles. The summed E-state index contributed by atoms with van der Waals surface area (Å²) in [6.45, 7) is 1.50. The third-order valence-electron chi connectivity index (χ3n) is 0.688. The van der Waals surface area contributed by atoms with Gasteiger partial charge >= 0.3 is 0 Å². The van der Waals surface area contributed by atoms with Crippen LogP contribution in [0.25, 0.3) is 0 Å². The summed E-state index contributed by atoms with van der Waals surface area (Å²) in [5, 5.41) is 8.78. The summed E-state index contributed by atoms with van der Waals surface area (Å²) in [4.78, 5) is 0. The second-order valence-corrected chi connectivity index (χ2v) is 1.78. The van der Waals surface area contributed by atoms with Crippen LogP contribution in [0.4, 0.5) is 0 Å². The van der Waals surface area contributed by atoms with Crippen LogP contribution in [0.3, 0.4) is 0 Å². The lowest BCUT2D eigenvalue weighted by atomic mass is 10.4. The maximum absolute atomic E-state index is 8.78. The largest absolute Gasteiger partial charge is 0.365 e. The molecule has 0 fully saturated rings. The Hall–Kier alpha value is 0.210. The molecule has 1 unspecified atom stereocenters. The molecule has 0 spiro atoms. The third kappa shape index (κ3) is 2.85. The summed E-state index contributed by atoms with van der Waals surface area (Å²) >= 11 is 5.22. The number of ether oxygens (including phenoxy) is 1. The molecule has 0 amide bonds. The molecule has 0 bridgehead atoms. The van der Waals surface area contributed by atoms with Gasteiger partial charge in [0.25, 0.3) is 0 Å². The van der Waals surface area contributed by atoms with Crippen molar-refractivity contribution in [3.8, 4) is 0 Å². The summed E-state index contributed by atoms with van der Waals surface area (Å²) < 4.78 is 4.51. The molecule has 0 aliphatic carbocycles. The van der Waals surface area contributed by atoms with Gasteiger partial charge in [-0.25, -0.2) is 0 Å². The quantitative estimate of drug-likeness (QED) is 0.431. The zero-order valence-electron chi connectivity index (χ0n) is 4.44. The van der Waals surface area contributed by atoms with Crippen LogP contribution in [0.1, 0.15) is 6.92 Å². The van der Waals surface area contributed by atoms with Crippen molar-refractivity contribution in [2.24, 2.45) is 0 Å². The van der Waals surface area contributed by atoms with Crippen LogP contribution in [-0.2, 0) is 4.74 Å². The van der Waals surface area contributed by atoms with E-state index in [1.165, 1.54) is 14.0 Å². The number of hydrogen-bond acceptors (Lipinski definition) is 2. The van der Waals surface area contributed by atoms with Crippen LogP contribution in [0.5, 0.6) is 0 Å². The van der Waals surface area contributed by atoms with E-state index in [0.717, 1.165) is 0 Å². The van der Waals surface area contributed by atoms with Gasteiger partial charge in [-0.05, 0) is 6.92 Å². The van der Waals surface area contributed by atoms with Crippen LogP contribution < -0.4 is 0 Å². The standard InChI is InChI=1S/C4H9ClO2/c1-4(6,3-5)7-2/h6H,3H2,1-2H3. The van der Waals surface area contributed by atoms with Gasteiger partial charge < -0.3 is 9.84 Å². The summed E-state index contributed by atoms with van der Waals surface area (Å²) in [6, 6.07) is 0. The SMILES string of the molecule is COC(C)(O)CCl. The van der Waals surface area contributed by atoms with Crippen LogP contribution >= 0.6 is 11.6 Å². The number of methoxy groups -OCH3 is 1. The van der Waals surface area contributed by atoms with Gasteiger partial charge in [0.1, 0.15) is 0 Å². The van der Waals surface area contributed by atoms with Crippen molar-refractivity contribution in [1.82, 2.24) is 0 Å². The Morgan fingerprint density at radius 2 is 2.29 bits per heavy atom. The fourth-order valence-corrected chi connectivity index (χ4v) is 0.164.